The number of pyridine rings is 2. The fourth-order valence-electron chi connectivity index (χ4n) is 3.58. The Kier molecular flexibility index (Phi) is 3.55. The first-order valence-electron chi connectivity index (χ1n) is 9.03. The minimum atomic E-state index is -0.130. The Labute approximate surface area is 157 Å². The highest BCUT2D eigenvalue weighted by atomic mass is 16.5. The second kappa shape index (κ2) is 5.96. The fourth-order valence-corrected chi connectivity index (χ4v) is 3.58. The molecule has 0 unspecified atom stereocenters. The van der Waals surface area contributed by atoms with E-state index in [2.05, 4.69) is 28.3 Å². The molecular weight excluding hydrogens is 340 g/mol. The van der Waals surface area contributed by atoms with Crippen LogP contribution in [0.4, 0.5) is 17.2 Å². The van der Waals surface area contributed by atoms with Crippen LogP contribution in [0, 0.1) is 6.92 Å². The van der Waals surface area contributed by atoms with Gasteiger partial charge >= 0.3 is 0 Å². The number of nitrogen functional groups attached to an aromatic ring is 1. The van der Waals surface area contributed by atoms with Gasteiger partial charge in [-0.15, -0.1) is 0 Å². The van der Waals surface area contributed by atoms with Gasteiger partial charge in [-0.25, -0.2) is 9.97 Å². The Bertz CT molecular complexity index is 1010. The average molecular weight is 360 g/mol. The lowest BCUT2D eigenvalue weighted by atomic mass is 9.98. The normalized spacial score (nSPS) is 16.2. The summed E-state index contributed by atoms with van der Waals surface area (Å²) >= 11 is 0. The van der Waals surface area contributed by atoms with Crippen molar-refractivity contribution < 1.29 is 9.47 Å². The first-order valence-corrected chi connectivity index (χ1v) is 9.03. The van der Waals surface area contributed by atoms with E-state index in [1.165, 1.54) is 16.7 Å². The van der Waals surface area contributed by atoms with Gasteiger partial charge in [0.25, 0.3) is 0 Å². The van der Waals surface area contributed by atoms with E-state index in [0.29, 0.717) is 24.0 Å². The van der Waals surface area contributed by atoms with E-state index in [9.17, 15) is 0 Å². The van der Waals surface area contributed by atoms with Crippen LogP contribution < -0.4 is 15.8 Å². The maximum absolute atomic E-state index is 6.12. The van der Waals surface area contributed by atoms with Crippen LogP contribution in [0.25, 0.3) is 0 Å². The third kappa shape index (κ3) is 2.78. The smallest absolute Gasteiger partial charge is 0.219 e. The molecule has 0 amide bonds. The van der Waals surface area contributed by atoms with Crippen molar-refractivity contribution in [1.82, 2.24) is 9.97 Å². The van der Waals surface area contributed by atoms with Gasteiger partial charge in [0.05, 0.1) is 29.8 Å². The van der Waals surface area contributed by atoms with Gasteiger partial charge in [0.15, 0.2) is 5.82 Å². The van der Waals surface area contributed by atoms with Crippen molar-refractivity contribution in [2.24, 2.45) is 0 Å². The number of fused-ring (bicyclic) bond motifs is 2. The van der Waals surface area contributed by atoms with Crippen LogP contribution in [0.2, 0.25) is 0 Å². The molecular formula is C21H20N4O2. The molecule has 0 bridgehead atoms. The quantitative estimate of drug-likeness (QED) is 0.716. The lowest BCUT2D eigenvalue weighted by molar-refractivity contribution is 0.0432. The monoisotopic (exact) mass is 360 g/mol. The zero-order chi connectivity index (χ0) is 18.4. The van der Waals surface area contributed by atoms with Gasteiger partial charge in [-0.3, -0.25) is 0 Å². The summed E-state index contributed by atoms with van der Waals surface area (Å²) in [7, 11) is 0. The average Bonchev–Trinajstić information content (AvgIpc) is 3.35. The van der Waals surface area contributed by atoms with Crippen LogP contribution in [-0.4, -0.2) is 9.97 Å². The number of hydrogen-bond donors (Lipinski definition) is 2. The molecule has 1 aliphatic heterocycles. The molecule has 3 heterocycles. The Balaban J connectivity index is 1.39. The van der Waals surface area contributed by atoms with Gasteiger partial charge in [0.2, 0.25) is 5.88 Å². The molecule has 1 fully saturated rings. The maximum Gasteiger partial charge on any atom is 0.219 e. The molecule has 0 saturated heterocycles. The summed E-state index contributed by atoms with van der Waals surface area (Å²) in [4.78, 5) is 8.65. The second-order valence-electron chi connectivity index (χ2n) is 7.07. The molecule has 5 rings (SSSR count). The molecule has 1 saturated carbocycles. The number of aryl methyl sites for hydroxylation is 1. The predicted octanol–water partition coefficient (Wildman–Crippen LogP) is 4.42. The molecule has 2 aliphatic rings. The van der Waals surface area contributed by atoms with E-state index in [1.54, 1.807) is 24.5 Å². The summed E-state index contributed by atoms with van der Waals surface area (Å²) in [6.45, 7) is 2.79. The first-order chi connectivity index (χ1) is 13.1. The van der Waals surface area contributed by atoms with Crippen molar-refractivity contribution >= 4 is 17.2 Å². The Morgan fingerprint density at radius 2 is 2.04 bits per heavy atom. The molecule has 1 spiro atoms. The van der Waals surface area contributed by atoms with Crippen molar-refractivity contribution in [2.75, 3.05) is 11.1 Å². The van der Waals surface area contributed by atoms with Crippen molar-refractivity contribution in [2.45, 2.75) is 32.0 Å². The van der Waals surface area contributed by atoms with Crippen molar-refractivity contribution in [3.05, 3.63) is 65.5 Å². The van der Waals surface area contributed by atoms with Crippen LogP contribution >= 0.6 is 0 Å². The highest BCUT2D eigenvalue weighted by Gasteiger charge is 2.53. The summed E-state index contributed by atoms with van der Waals surface area (Å²) in [6, 6.07) is 11.4. The minimum Gasteiger partial charge on any atom is -0.439 e. The lowest BCUT2D eigenvalue weighted by Gasteiger charge is -2.15. The molecule has 3 aromatic rings. The number of anilines is 3. The number of ether oxygens (including phenoxy) is 2. The Morgan fingerprint density at radius 1 is 1.15 bits per heavy atom. The van der Waals surface area contributed by atoms with Gasteiger partial charge in [-0.1, -0.05) is 6.07 Å². The molecule has 3 N–H and O–H groups in total. The summed E-state index contributed by atoms with van der Waals surface area (Å²) in [6.07, 6.45) is 5.52. The summed E-state index contributed by atoms with van der Waals surface area (Å²) < 4.78 is 12.2. The van der Waals surface area contributed by atoms with Gasteiger partial charge in [-0.05, 0) is 55.2 Å². The third-order valence-electron chi connectivity index (χ3n) is 5.21. The minimum absolute atomic E-state index is 0.130. The standard InChI is InChI=1S/C21H20N4O2/c1-13-4-6-17(19-15(13)12-26-21(19)8-9-21)27-18-7-5-14(11-24-18)25-20-16(22)3-2-10-23-20/h2-7,10-11H,8-9,12,22H2,1H3,(H,23,25). The van der Waals surface area contributed by atoms with Gasteiger partial charge < -0.3 is 20.5 Å². The zero-order valence-corrected chi connectivity index (χ0v) is 15.0. The number of nitrogens with zero attached hydrogens (tertiary/aromatic N) is 2. The number of hydrogen-bond acceptors (Lipinski definition) is 6. The molecule has 136 valence electrons. The largest absolute Gasteiger partial charge is 0.439 e. The molecule has 0 radical (unpaired) electrons. The topological polar surface area (TPSA) is 82.3 Å². The van der Waals surface area contributed by atoms with Crippen LogP contribution in [0.5, 0.6) is 11.6 Å². The molecule has 6 heteroatoms. The van der Waals surface area contributed by atoms with E-state index >= 15 is 0 Å². The SMILES string of the molecule is Cc1ccc(Oc2ccc(Nc3ncccc3N)cn2)c2c1COC21CC1. The second-order valence-corrected chi connectivity index (χ2v) is 7.07. The molecule has 1 aliphatic carbocycles. The highest BCUT2D eigenvalue weighted by Crippen LogP contribution is 2.58. The van der Waals surface area contributed by atoms with E-state index in [1.807, 2.05) is 18.2 Å². The number of nitrogens with two attached hydrogens (primary N) is 1. The number of aromatic nitrogens is 2. The Hall–Kier alpha value is -3.12. The fraction of sp³-hybridized carbons (Fsp3) is 0.238. The maximum atomic E-state index is 6.12. The summed E-state index contributed by atoms with van der Waals surface area (Å²) in [5.41, 5.74) is 10.9. The number of benzene rings is 1. The zero-order valence-electron chi connectivity index (χ0n) is 15.0. The first kappa shape index (κ1) is 16.1. The molecule has 1 aromatic carbocycles. The van der Waals surface area contributed by atoms with E-state index in [0.717, 1.165) is 24.3 Å². The van der Waals surface area contributed by atoms with Gasteiger partial charge in [0.1, 0.15) is 5.75 Å². The van der Waals surface area contributed by atoms with Crippen LogP contribution in [0.15, 0.2) is 48.8 Å². The van der Waals surface area contributed by atoms with Crippen LogP contribution in [0.3, 0.4) is 0 Å². The predicted molar refractivity (Wildman–Crippen MR) is 103 cm³/mol. The van der Waals surface area contributed by atoms with Crippen molar-refractivity contribution in [1.29, 1.82) is 0 Å². The highest BCUT2D eigenvalue weighted by molar-refractivity contribution is 5.67. The number of rotatable bonds is 4. The molecule has 27 heavy (non-hydrogen) atoms. The summed E-state index contributed by atoms with van der Waals surface area (Å²) in [5, 5.41) is 3.16. The molecule has 6 nitrogen and oxygen atoms in total. The molecule has 0 atom stereocenters. The summed E-state index contributed by atoms with van der Waals surface area (Å²) in [5.74, 6) is 1.99. The van der Waals surface area contributed by atoms with Crippen molar-refractivity contribution in [3.8, 4) is 11.6 Å². The van der Waals surface area contributed by atoms with E-state index in [-0.39, 0.29) is 5.60 Å². The van der Waals surface area contributed by atoms with E-state index < -0.39 is 0 Å². The lowest BCUT2D eigenvalue weighted by Crippen LogP contribution is -2.05. The van der Waals surface area contributed by atoms with Crippen molar-refractivity contribution in [3.63, 3.8) is 0 Å². The van der Waals surface area contributed by atoms with Gasteiger partial charge in [0, 0.05) is 17.8 Å². The molecule has 2 aromatic heterocycles. The van der Waals surface area contributed by atoms with Crippen LogP contribution in [-0.2, 0) is 16.9 Å². The van der Waals surface area contributed by atoms with Gasteiger partial charge in [-0.2, -0.15) is 0 Å². The van der Waals surface area contributed by atoms with E-state index in [4.69, 9.17) is 15.2 Å². The number of nitrogens with one attached hydrogen (secondary N) is 1. The van der Waals surface area contributed by atoms with Crippen LogP contribution in [0.1, 0.15) is 29.5 Å². The third-order valence-corrected chi connectivity index (χ3v) is 5.21. The Morgan fingerprint density at radius 3 is 2.78 bits per heavy atom.